The predicted molar refractivity (Wildman–Crippen MR) is 90.0 cm³/mol. The highest BCUT2D eigenvalue weighted by Crippen LogP contribution is 2.31. The molecule has 108 valence electrons. The molecule has 1 N–H and O–H groups in total. The summed E-state index contributed by atoms with van der Waals surface area (Å²) in [6.45, 7) is 6.48. The standard InChI is InChI=1S/C16H16ClN3S/c1-16(2,3)13-9-19-15(21)20(13)12-7-6-11(17)10-5-4-8-18-14(10)12/h4-9H,1-3H3,(H,19,21). The molecule has 2 heterocycles. The highest BCUT2D eigenvalue weighted by atomic mass is 35.5. The number of benzene rings is 1. The molecule has 0 amide bonds. The van der Waals surface area contributed by atoms with Crippen LogP contribution in [0.25, 0.3) is 16.6 Å². The summed E-state index contributed by atoms with van der Waals surface area (Å²) in [5.74, 6) is 0. The maximum atomic E-state index is 6.28. The number of H-pyrrole nitrogens is 1. The monoisotopic (exact) mass is 317 g/mol. The fourth-order valence-corrected chi connectivity index (χ4v) is 2.93. The molecule has 0 bridgehead atoms. The Morgan fingerprint density at radius 2 is 2.00 bits per heavy atom. The van der Waals surface area contributed by atoms with Crippen molar-refractivity contribution in [3.63, 3.8) is 0 Å². The van der Waals surface area contributed by atoms with Crippen LogP contribution in [-0.2, 0) is 5.41 Å². The maximum absolute atomic E-state index is 6.28. The van der Waals surface area contributed by atoms with E-state index < -0.39 is 0 Å². The fourth-order valence-electron chi connectivity index (χ4n) is 2.46. The Kier molecular flexibility index (Phi) is 3.38. The third-order valence-electron chi connectivity index (χ3n) is 3.48. The van der Waals surface area contributed by atoms with Crippen LogP contribution in [0, 0.1) is 4.77 Å². The second kappa shape index (κ2) is 4.97. The van der Waals surface area contributed by atoms with Gasteiger partial charge in [0.05, 0.1) is 16.2 Å². The molecule has 0 atom stereocenters. The molecular formula is C16H16ClN3S. The van der Waals surface area contributed by atoms with Gasteiger partial charge < -0.3 is 4.98 Å². The molecule has 0 aliphatic carbocycles. The lowest BCUT2D eigenvalue weighted by Crippen LogP contribution is -2.17. The first-order chi connectivity index (χ1) is 9.89. The average Bonchev–Trinajstić information content (AvgIpc) is 2.82. The van der Waals surface area contributed by atoms with Gasteiger partial charge in [0.25, 0.3) is 0 Å². The van der Waals surface area contributed by atoms with Crippen LogP contribution in [0.1, 0.15) is 26.5 Å². The molecule has 0 aliphatic rings. The molecule has 0 spiro atoms. The molecule has 3 rings (SSSR count). The quantitative estimate of drug-likeness (QED) is 0.638. The molecule has 1 aromatic carbocycles. The number of pyridine rings is 1. The number of rotatable bonds is 1. The van der Waals surface area contributed by atoms with E-state index in [0.717, 1.165) is 22.3 Å². The van der Waals surface area contributed by atoms with E-state index in [-0.39, 0.29) is 5.41 Å². The van der Waals surface area contributed by atoms with Gasteiger partial charge in [0.15, 0.2) is 4.77 Å². The number of hydrogen-bond acceptors (Lipinski definition) is 2. The van der Waals surface area contributed by atoms with E-state index in [4.69, 9.17) is 23.8 Å². The van der Waals surface area contributed by atoms with Gasteiger partial charge in [-0.05, 0) is 36.5 Å². The zero-order valence-electron chi connectivity index (χ0n) is 12.1. The van der Waals surface area contributed by atoms with Crippen molar-refractivity contribution in [2.45, 2.75) is 26.2 Å². The first kappa shape index (κ1) is 14.3. The fraction of sp³-hybridized carbons (Fsp3) is 0.250. The van der Waals surface area contributed by atoms with E-state index in [1.165, 1.54) is 0 Å². The summed E-state index contributed by atoms with van der Waals surface area (Å²) in [6.07, 6.45) is 3.74. The lowest BCUT2D eigenvalue weighted by Gasteiger charge is -2.21. The summed E-state index contributed by atoms with van der Waals surface area (Å²) in [5.41, 5.74) is 2.88. The van der Waals surface area contributed by atoms with Crippen molar-refractivity contribution in [1.29, 1.82) is 0 Å². The molecular weight excluding hydrogens is 302 g/mol. The molecule has 21 heavy (non-hydrogen) atoms. The first-order valence-electron chi connectivity index (χ1n) is 6.74. The van der Waals surface area contributed by atoms with Gasteiger partial charge in [-0.2, -0.15) is 0 Å². The van der Waals surface area contributed by atoms with Gasteiger partial charge in [-0.1, -0.05) is 32.4 Å². The molecule has 0 radical (unpaired) electrons. The van der Waals surface area contributed by atoms with Gasteiger partial charge in [0.2, 0.25) is 0 Å². The van der Waals surface area contributed by atoms with Crippen molar-refractivity contribution in [3.8, 4) is 5.69 Å². The molecule has 0 saturated carbocycles. The number of nitrogens with one attached hydrogen (secondary N) is 1. The summed E-state index contributed by atoms with van der Waals surface area (Å²) in [7, 11) is 0. The normalized spacial score (nSPS) is 12.0. The minimum absolute atomic E-state index is 0.0334. The van der Waals surface area contributed by atoms with Gasteiger partial charge in [-0.3, -0.25) is 9.55 Å². The van der Waals surface area contributed by atoms with Gasteiger partial charge in [-0.15, -0.1) is 0 Å². The van der Waals surface area contributed by atoms with Gasteiger partial charge >= 0.3 is 0 Å². The number of imidazole rings is 1. The number of aromatic nitrogens is 3. The van der Waals surface area contributed by atoms with E-state index in [0.29, 0.717) is 9.79 Å². The Labute approximate surface area is 133 Å². The summed E-state index contributed by atoms with van der Waals surface area (Å²) in [6, 6.07) is 7.72. The molecule has 0 aliphatic heterocycles. The number of nitrogens with zero attached hydrogens (tertiary/aromatic N) is 2. The number of aromatic amines is 1. The summed E-state index contributed by atoms with van der Waals surface area (Å²) >= 11 is 11.7. The zero-order valence-corrected chi connectivity index (χ0v) is 13.7. The van der Waals surface area contributed by atoms with Crippen LogP contribution in [0.3, 0.4) is 0 Å². The third-order valence-corrected chi connectivity index (χ3v) is 4.11. The van der Waals surface area contributed by atoms with E-state index in [9.17, 15) is 0 Å². The Balaban J connectivity index is 2.40. The molecule has 2 aromatic heterocycles. The number of hydrogen-bond donors (Lipinski definition) is 1. The van der Waals surface area contributed by atoms with Crippen molar-refractivity contribution in [2.75, 3.05) is 0 Å². The first-order valence-corrected chi connectivity index (χ1v) is 7.53. The average molecular weight is 318 g/mol. The topological polar surface area (TPSA) is 33.6 Å². The van der Waals surface area contributed by atoms with Crippen molar-refractivity contribution in [2.24, 2.45) is 0 Å². The maximum Gasteiger partial charge on any atom is 0.182 e. The predicted octanol–water partition coefficient (Wildman–Crippen LogP) is 5.03. The molecule has 0 saturated heterocycles. The van der Waals surface area contributed by atoms with Gasteiger partial charge in [0.1, 0.15) is 0 Å². The second-order valence-corrected chi connectivity index (χ2v) is 6.82. The lowest BCUT2D eigenvalue weighted by atomic mass is 9.92. The van der Waals surface area contributed by atoms with Crippen LogP contribution in [0.4, 0.5) is 0 Å². The van der Waals surface area contributed by atoms with E-state index in [2.05, 4.69) is 30.7 Å². The SMILES string of the molecule is CC(C)(C)c1c[nH]c(=S)n1-c1ccc(Cl)c2cccnc12. The summed E-state index contributed by atoms with van der Waals surface area (Å²) < 4.78 is 2.70. The van der Waals surface area contributed by atoms with Crippen LogP contribution < -0.4 is 0 Å². The van der Waals surface area contributed by atoms with Crippen molar-refractivity contribution in [3.05, 3.63) is 52.1 Å². The van der Waals surface area contributed by atoms with Gasteiger partial charge in [-0.25, -0.2) is 0 Å². The largest absolute Gasteiger partial charge is 0.337 e. The molecule has 5 heteroatoms. The Morgan fingerprint density at radius 3 is 2.71 bits per heavy atom. The van der Waals surface area contributed by atoms with E-state index in [1.54, 1.807) is 6.20 Å². The lowest BCUT2D eigenvalue weighted by molar-refractivity contribution is 0.556. The van der Waals surface area contributed by atoms with Crippen molar-refractivity contribution < 1.29 is 0 Å². The Morgan fingerprint density at radius 1 is 1.24 bits per heavy atom. The van der Waals surface area contributed by atoms with E-state index in [1.807, 2.05) is 35.0 Å². The third kappa shape index (κ3) is 2.39. The highest BCUT2D eigenvalue weighted by molar-refractivity contribution is 7.71. The zero-order chi connectivity index (χ0) is 15.2. The van der Waals surface area contributed by atoms with Crippen LogP contribution in [0.15, 0.2) is 36.7 Å². The minimum atomic E-state index is -0.0334. The Hall–Kier alpha value is -1.65. The number of fused-ring (bicyclic) bond motifs is 1. The number of halogens is 1. The summed E-state index contributed by atoms with van der Waals surface area (Å²) in [5, 5.41) is 1.63. The molecule has 3 nitrogen and oxygen atoms in total. The highest BCUT2D eigenvalue weighted by Gasteiger charge is 2.21. The molecule has 0 fully saturated rings. The van der Waals surface area contributed by atoms with Gasteiger partial charge in [0, 0.05) is 28.9 Å². The van der Waals surface area contributed by atoms with Crippen LogP contribution >= 0.6 is 23.8 Å². The van der Waals surface area contributed by atoms with Crippen LogP contribution in [0.2, 0.25) is 5.02 Å². The van der Waals surface area contributed by atoms with E-state index >= 15 is 0 Å². The van der Waals surface area contributed by atoms with Crippen LogP contribution in [-0.4, -0.2) is 14.5 Å². The molecule has 0 unspecified atom stereocenters. The minimum Gasteiger partial charge on any atom is -0.337 e. The van der Waals surface area contributed by atoms with Crippen molar-refractivity contribution in [1.82, 2.24) is 14.5 Å². The smallest absolute Gasteiger partial charge is 0.182 e. The molecule has 3 aromatic rings. The Bertz CT molecular complexity index is 871. The summed E-state index contributed by atoms with van der Waals surface area (Å²) in [4.78, 5) is 7.64. The van der Waals surface area contributed by atoms with Crippen molar-refractivity contribution >= 4 is 34.7 Å². The van der Waals surface area contributed by atoms with Crippen LogP contribution in [0.5, 0.6) is 0 Å². The second-order valence-electron chi connectivity index (χ2n) is 6.03.